The molecular weight excluding hydrogens is 378 g/mol. The standard InChI is InChI=1S/C24H25N3O3/c1-17-21(11-5-12-22(17)27(29)30)25-24(28)14-16-26-15-6-13-23(26)20-10-4-8-18-7-2-3-9-19(18)20/h2-5,7-12,23H,6,13-16H2,1H3,(H,25,28). The molecule has 0 radical (unpaired) electrons. The van der Waals surface area contributed by atoms with Gasteiger partial charge in [0.15, 0.2) is 0 Å². The van der Waals surface area contributed by atoms with Crippen molar-refractivity contribution < 1.29 is 9.72 Å². The summed E-state index contributed by atoms with van der Waals surface area (Å²) < 4.78 is 0. The number of nitrogens with one attached hydrogen (secondary N) is 1. The Balaban J connectivity index is 1.44. The van der Waals surface area contributed by atoms with Crippen molar-refractivity contribution in [2.45, 2.75) is 32.2 Å². The Labute approximate surface area is 175 Å². The third-order valence-corrected chi connectivity index (χ3v) is 5.95. The number of nitro benzene ring substituents is 1. The maximum atomic E-state index is 12.6. The Hall–Kier alpha value is -3.25. The highest BCUT2D eigenvalue weighted by Crippen LogP contribution is 2.36. The molecule has 3 aromatic carbocycles. The molecule has 1 aliphatic rings. The summed E-state index contributed by atoms with van der Waals surface area (Å²) in [6.45, 7) is 3.29. The van der Waals surface area contributed by atoms with Crippen LogP contribution in [0.5, 0.6) is 0 Å². The number of fused-ring (bicyclic) bond motifs is 1. The van der Waals surface area contributed by atoms with E-state index in [2.05, 4.69) is 52.7 Å². The van der Waals surface area contributed by atoms with Gasteiger partial charge in [0.1, 0.15) is 0 Å². The van der Waals surface area contributed by atoms with Crippen LogP contribution in [0.15, 0.2) is 60.7 Å². The molecule has 0 saturated carbocycles. The molecule has 4 rings (SSSR count). The molecule has 3 aromatic rings. The summed E-state index contributed by atoms with van der Waals surface area (Å²) in [5, 5.41) is 16.5. The second-order valence-corrected chi connectivity index (χ2v) is 7.77. The van der Waals surface area contributed by atoms with Crippen molar-refractivity contribution >= 4 is 28.1 Å². The number of carbonyl (C=O) groups excluding carboxylic acids is 1. The second-order valence-electron chi connectivity index (χ2n) is 7.77. The molecule has 1 N–H and O–H groups in total. The largest absolute Gasteiger partial charge is 0.326 e. The van der Waals surface area contributed by atoms with Gasteiger partial charge in [-0.1, -0.05) is 48.5 Å². The molecule has 154 valence electrons. The fourth-order valence-corrected chi connectivity index (χ4v) is 4.40. The van der Waals surface area contributed by atoms with E-state index >= 15 is 0 Å². The number of carbonyl (C=O) groups is 1. The average Bonchev–Trinajstić information content (AvgIpc) is 3.21. The third kappa shape index (κ3) is 4.04. The lowest BCUT2D eigenvalue weighted by Gasteiger charge is -2.25. The lowest BCUT2D eigenvalue weighted by molar-refractivity contribution is -0.385. The van der Waals surface area contributed by atoms with Gasteiger partial charge in [-0.3, -0.25) is 19.8 Å². The molecule has 6 nitrogen and oxygen atoms in total. The van der Waals surface area contributed by atoms with Gasteiger partial charge in [-0.25, -0.2) is 0 Å². The van der Waals surface area contributed by atoms with E-state index in [-0.39, 0.29) is 11.6 Å². The van der Waals surface area contributed by atoms with Crippen LogP contribution in [0.4, 0.5) is 11.4 Å². The minimum atomic E-state index is -0.427. The highest BCUT2D eigenvalue weighted by Gasteiger charge is 2.27. The fraction of sp³-hybridized carbons (Fsp3) is 0.292. The Bertz CT molecular complexity index is 1090. The predicted octanol–water partition coefficient (Wildman–Crippen LogP) is 5.22. The summed E-state index contributed by atoms with van der Waals surface area (Å²) in [6, 6.07) is 19.9. The SMILES string of the molecule is Cc1c(NC(=O)CCN2CCCC2c2cccc3ccccc23)cccc1[N+](=O)[O-]. The van der Waals surface area contributed by atoms with Crippen molar-refractivity contribution in [2.24, 2.45) is 0 Å². The summed E-state index contributed by atoms with van der Waals surface area (Å²) in [5.74, 6) is -0.123. The zero-order valence-electron chi connectivity index (χ0n) is 17.0. The van der Waals surface area contributed by atoms with Gasteiger partial charge in [0.05, 0.1) is 16.2 Å². The number of nitro groups is 1. The number of hydrogen-bond donors (Lipinski definition) is 1. The van der Waals surface area contributed by atoms with Crippen LogP contribution < -0.4 is 5.32 Å². The maximum Gasteiger partial charge on any atom is 0.274 e. The molecule has 1 atom stereocenters. The second kappa shape index (κ2) is 8.63. The molecule has 1 aliphatic heterocycles. The van der Waals surface area contributed by atoms with Crippen molar-refractivity contribution in [1.29, 1.82) is 0 Å². The number of anilines is 1. The van der Waals surface area contributed by atoms with Gasteiger partial charge in [0, 0.05) is 25.1 Å². The molecule has 0 bridgehead atoms. The monoisotopic (exact) mass is 403 g/mol. The van der Waals surface area contributed by atoms with Gasteiger partial charge < -0.3 is 5.32 Å². The number of nitrogens with zero attached hydrogens (tertiary/aromatic N) is 2. The number of rotatable bonds is 6. The van der Waals surface area contributed by atoms with Gasteiger partial charge in [0.25, 0.3) is 5.69 Å². The van der Waals surface area contributed by atoms with Crippen LogP contribution in [0.1, 0.15) is 36.4 Å². The smallest absolute Gasteiger partial charge is 0.274 e. The first-order valence-electron chi connectivity index (χ1n) is 10.3. The molecule has 1 fully saturated rings. The summed E-state index contributed by atoms with van der Waals surface area (Å²) >= 11 is 0. The van der Waals surface area contributed by atoms with Gasteiger partial charge >= 0.3 is 0 Å². The molecular formula is C24H25N3O3. The van der Waals surface area contributed by atoms with E-state index in [1.807, 2.05) is 0 Å². The van der Waals surface area contributed by atoms with Crippen LogP contribution in [-0.2, 0) is 4.79 Å². The van der Waals surface area contributed by atoms with E-state index in [1.165, 1.54) is 22.4 Å². The fourth-order valence-electron chi connectivity index (χ4n) is 4.40. The van der Waals surface area contributed by atoms with Gasteiger partial charge in [-0.15, -0.1) is 0 Å². The first kappa shape index (κ1) is 20.0. The zero-order valence-corrected chi connectivity index (χ0v) is 17.0. The summed E-state index contributed by atoms with van der Waals surface area (Å²) in [5.41, 5.74) is 2.32. The first-order valence-corrected chi connectivity index (χ1v) is 10.3. The van der Waals surface area contributed by atoms with Crippen LogP contribution in [0.3, 0.4) is 0 Å². The molecule has 0 spiro atoms. The minimum absolute atomic E-state index is 0.0170. The van der Waals surface area contributed by atoms with E-state index in [0.29, 0.717) is 30.3 Å². The molecule has 1 unspecified atom stereocenters. The van der Waals surface area contributed by atoms with Crippen LogP contribution in [0.2, 0.25) is 0 Å². The molecule has 30 heavy (non-hydrogen) atoms. The normalized spacial score (nSPS) is 16.6. The van der Waals surface area contributed by atoms with Crippen molar-refractivity contribution in [2.75, 3.05) is 18.4 Å². The molecule has 1 heterocycles. The highest BCUT2D eigenvalue weighted by molar-refractivity contribution is 5.92. The number of amides is 1. The average molecular weight is 403 g/mol. The van der Waals surface area contributed by atoms with Crippen LogP contribution in [-0.4, -0.2) is 28.8 Å². The predicted molar refractivity (Wildman–Crippen MR) is 119 cm³/mol. The van der Waals surface area contributed by atoms with E-state index in [0.717, 1.165) is 19.4 Å². The molecule has 6 heteroatoms. The summed E-state index contributed by atoms with van der Waals surface area (Å²) in [4.78, 5) is 25.6. The van der Waals surface area contributed by atoms with E-state index in [9.17, 15) is 14.9 Å². The highest BCUT2D eigenvalue weighted by atomic mass is 16.6. The number of hydrogen-bond acceptors (Lipinski definition) is 4. The maximum absolute atomic E-state index is 12.6. The lowest BCUT2D eigenvalue weighted by atomic mass is 9.97. The quantitative estimate of drug-likeness (QED) is 0.452. The van der Waals surface area contributed by atoms with E-state index < -0.39 is 4.92 Å². The summed E-state index contributed by atoms with van der Waals surface area (Å²) in [6.07, 6.45) is 2.54. The third-order valence-electron chi connectivity index (χ3n) is 5.95. The van der Waals surface area contributed by atoms with Gasteiger partial charge in [-0.05, 0) is 48.7 Å². The topological polar surface area (TPSA) is 75.5 Å². The molecule has 1 saturated heterocycles. The van der Waals surface area contributed by atoms with Crippen LogP contribution >= 0.6 is 0 Å². The van der Waals surface area contributed by atoms with E-state index in [4.69, 9.17) is 0 Å². The minimum Gasteiger partial charge on any atom is -0.326 e. The Kier molecular flexibility index (Phi) is 5.77. The van der Waals surface area contributed by atoms with Crippen molar-refractivity contribution in [1.82, 2.24) is 4.90 Å². The Morgan fingerprint density at radius 3 is 2.73 bits per heavy atom. The van der Waals surface area contributed by atoms with Gasteiger partial charge in [0.2, 0.25) is 5.91 Å². The molecule has 1 amide bonds. The Morgan fingerprint density at radius 1 is 1.13 bits per heavy atom. The van der Waals surface area contributed by atoms with Gasteiger partial charge in [-0.2, -0.15) is 0 Å². The lowest BCUT2D eigenvalue weighted by Crippen LogP contribution is -2.28. The summed E-state index contributed by atoms with van der Waals surface area (Å²) in [7, 11) is 0. The molecule has 0 aliphatic carbocycles. The number of likely N-dealkylation sites (tertiary alicyclic amines) is 1. The van der Waals surface area contributed by atoms with Crippen molar-refractivity contribution in [3.8, 4) is 0 Å². The zero-order chi connectivity index (χ0) is 21.1. The van der Waals surface area contributed by atoms with Crippen molar-refractivity contribution in [3.05, 3.63) is 81.9 Å². The van der Waals surface area contributed by atoms with Crippen LogP contribution in [0.25, 0.3) is 10.8 Å². The molecule has 0 aromatic heterocycles. The number of benzene rings is 3. The Morgan fingerprint density at radius 2 is 1.90 bits per heavy atom. The van der Waals surface area contributed by atoms with E-state index in [1.54, 1.807) is 19.1 Å². The van der Waals surface area contributed by atoms with Crippen molar-refractivity contribution in [3.63, 3.8) is 0 Å². The first-order chi connectivity index (χ1) is 14.5. The van der Waals surface area contributed by atoms with Crippen LogP contribution in [0, 0.1) is 17.0 Å².